The number of rotatable bonds is 4. The first-order valence-corrected chi connectivity index (χ1v) is 5.15. The minimum Gasteiger partial charge on any atom is -0.350 e. The average Bonchev–Trinajstić information content (AvgIpc) is 2.32. The van der Waals surface area contributed by atoms with Crippen molar-refractivity contribution in [3.05, 3.63) is 0 Å². The summed E-state index contributed by atoms with van der Waals surface area (Å²) in [4.78, 5) is 13.0. The van der Waals surface area contributed by atoms with Gasteiger partial charge in [0, 0.05) is 0 Å². The van der Waals surface area contributed by atoms with Crippen molar-refractivity contribution in [1.29, 1.82) is 0 Å². The van der Waals surface area contributed by atoms with Crippen LogP contribution in [0, 0.1) is 5.92 Å². The van der Waals surface area contributed by atoms with Crippen LogP contribution in [0.1, 0.15) is 20.3 Å². The standard InChI is InChI=1S/C9H15FN2OS/c1-6(2)5-7-8(13)12(4-3-10)9(14)11-7/h6-7H,3-5H2,1-2H3,(H,11,14). The number of carbonyl (C=O) groups excluding carboxylic acids is 1. The average molecular weight is 218 g/mol. The Kier molecular flexibility index (Phi) is 3.80. The minimum atomic E-state index is -0.554. The molecular formula is C9H15FN2OS. The van der Waals surface area contributed by atoms with Crippen LogP contribution in [0.2, 0.25) is 0 Å². The summed E-state index contributed by atoms with van der Waals surface area (Å²) in [6, 6.07) is -0.256. The molecule has 1 rings (SSSR count). The number of amides is 1. The van der Waals surface area contributed by atoms with Crippen molar-refractivity contribution in [1.82, 2.24) is 10.2 Å². The summed E-state index contributed by atoms with van der Waals surface area (Å²) in [5.74, 6) is 0.325. The van der Waals surface area contributed by atoms with Crippen molar-refractivity contribution in [2.75, 3.05) is 13.2 Å². The van der Waals surface area contributed by atoms with Gasteiger partial charge >= 0.3 is 0 Å². The summed E-state index contributed by atoms with van der Waals surface area (Å²) in [5, 5.41) is 3.27. The molecule has 0 radical (unpaired) electrons. The number of hydrogen-bond acceptors (Lipinski definition) is 2. The molecule has 14 heavy (non-hydrogen) atoms. The van der Waals surface area contributed by atoms with Gasteiger partial charge in [0.25, 0.3) is 5.91 Å². The van der Waals surface area contributed by atoms with E-state index in [-0.39, 0.29) is 18.5 Å². The lowest BCUT2D eigenvalue weighted by Gasteiger charge is -2.12. The van der Waals surface area contributed by atoms with Crippen LogP contribution in [0.15, 0.2) is 0 Å². The molecule has 80 valence electrons. The second kappa shape index (κ2) is 4.68. The zero-order valence-corrected chi connectivity index (χ0v) is 9.23. The molecule has 1 unspecified atom stereocenters. The maximum absolute atomic E-state index is 12.1. The fraction of sp³-hybridized carbons (Fsp3) is 0.778. The number of nitrogens with zero attached hydrogens (tertiary/aromatic N) is 1. The molecule has 1 N–H and O–H groups in total. The van der Waals surface area contributed by atoms with Gasteiger partial charge in [-0.05, 0) is 24.6 Å². The first kappa shape index (κ1) is 11.4. The van der Waals surface area contributed by atoms with E-state index >= 15 is 0 Å². The predicted molar refractivity (Wildman–Crippen MR) is 56.7 cm³/mol. The molecule has 1 atom stereocenters. The first-order valence-electron chi connectivity index (χ1n) is 4.74. The number of halogens is 1. The molecule has 0 saturated carbocycles. The molecule has 1 fully saturated rings. The lowest BCUT2D eigenvalue weighted by Crippen LogP contribution is -2.33. The van der Waals surface area contributed by atoms with Crippen molar-refractivity contribution in [3.8, 4) is 0 Å². The summed E-state index contributed by atoms with van der Waals surface area (Å²) in [6.45, 7) is 3.59. The predicted octanol–water partition coefficient (Wildman–Crippen LogP) is 1.09. The lowest BCUT2D eigenvalue weighted by atomic mass is 10.0. The van der Waals surface area contributed by atoms with E-state index in [9.17, 15) is 9.18 Å². The Hall–Kier alpha value is -0.710. The third-order valence-corrected chi connectivity index (χ3v) is 2.46. The van der Waals surface area contributed by atoms with Gasteiger partial charge in [0.2, 0.25) is 0 Å². The molecule has 0 spiro atoms. The number of alkyl halides is 1. The summed E-state index contributed by atoms with van der Waals surface area (Å²) >= 11 is 4.94. The van der Waals surface area contributed by atoms with Gasteiger partial charge in [-0.25, -0.2) is 4.39 Å². The van der Waals surface area contributed by atoms with E-state index in [0.717, 1.165) is 6.42 Å². The molecule has 5 heteroatoms. The van der Waals surface area contributed by atoms with E-state index in [1.807, 2.05) is 13.8 Å². The summed E-state index contributed by atoms with van der Waals surface area (Å²) in [6.07, 6.45) is 0.738. The number of thiocarbonyl (C=S) groups is 1. The van der Waals surface area contributed by atoms with E-state index in [2.05, 4.69) is 5.32 Å². The van der Waals surface area contributed by atoms with Crippen LogP contribution in [0.25, 0.3) is 0 Å². The lowest BCUT2D eigenvalue weighted by molar-refractivity contribution is -0.127. The Bertz CT molecular complexity index is 245. The maximum atomic E-state index is 12.1. The van der Waals surface area contributed by atoms with Crippen LogP contribution in [-0.2, 0) is 4.79 Å². The van der Waals surface area contributed by atoms with Crippen molar-refractivity contribution in [2.45, 2.75) is 26.3 Å². The fourth-order valence-corrected chi connectivity index (χ4v) is 1.83. The fourth-order valence-electron chi connectivity index (χ4n) is 1.50. The molecular weight excluding hydrogens is 203 g/mol. The molecule has 0 aromatic rings. The molecule has 1 aliphatic heterocycles. The minimum absolute atomic E-state index is 0.0687. The van der Waals surface area contributed by atoms with Crippen molar-refractivity contribution >= 4 is 23.2 Å². The Balaban J connectivity index is 2.59. The van der Waals surface area contributed by atoms with Gasteiger partial charge in [0.05, 0.1) is 6.54 Å². The SMILES string of the molecule is CC(C)CC1NC(=S)N(CCF)C1=O. The Morgan fingerprint density at radius 2 is 2.29 bits per heavy atom. The zero-order valence-electron chi connectivity index (χ0n) is 8.42. The summed E-state index contributed by atoms with van der Waals surface area (Å²) in [7, 11) is 0. The van der Waals surface area contributed by atoms with Gasteiger partial charge in [-0.3, -0.25) is 9.69 Å². The van der Waals surface area contributed by atoms with Gasteiger partial charge in [-0.1, -0.05) is 13.8 Å². The van der Waals surface area contributed by atoms with Crippen LogP contribution in [0.5, 0.6) is 0 Å². The van der Waals surface area contributed by atoms with Crippen LogP contribution in [0.4, 0.5) is 4.39 Å². The molecule has 0 aliphatic carbocycles. The zero-order chi connectivity index (χ0) is 10.7. The van der Waals surface area contributed by atoms with Crippen LogP contribution in [-0.4, -0.2) is 35.2 Å². The van der Waals surface area contributed by atoms with Crippen molar-refractivity contribution in [2.24, 2.45) is 5.92 Å². The van der Waals surface area contributed by atoms with Crippen molar-refractivity contribution in [3.63, 3.8) is 0 Å². The molecule has 1 amide bonds. The van der Waals surface area contributed by atoms with Gasteiger partial charge in [-0.15, -0.1) is 0 Å². The molecule has 1 saturated heterocycles. The summed E-state index contributed by atoms with van der Waals surface area (Å²) in [5.41, 5.74) is 0. The number of hydrogen-bond donors (Lipinski definition) is 1. The van der Waals surface area contributed by atoms with E-state index in [4.69, 9.17) is 12.2 Å². The van der Waals surface area contributed by atoms with Gasteiger partial charge in [0.15, 0.2) is 5.11 Å². The molecule has 0 bridgehead atoms. The third-order valence-electron chi connectivity index (χ3n) is 2.12. The Morgan fingerprint density at radius 1 is 1.64 bits per heavy atom. The van der Waals surface area contributed by atoms with E-state index < -0.39 is 6.67 Å². The normalized spacial score (nSPS) is 22.0. The Morgan fingerprint density at radius 3 is 2.79 bits per heavy atom. The Labute approximate surface area is 88.6 Å². The second-order valence-corrected chi connectivity index (χ2v) is 4.20. The summed E-state index contributed by atoms with van der Waals surface area (Å²) < 4.78 is 12.1. The van der Waals surface area contributed by atoms with Crippen LogP contribution >= 0.6 is 12.2 Å². The van der Waals surface area contributed by atoms with E-state index in [1.54, 1.807) is 0 Å². The molecule has 3 nitrogen and oxygen atoms in total. The maximum Gasteiger partial charge on any atom is 0.251 e. The van der Waals surface area contributed by atoms with Crippen molar-refractivity contribution < 1.29 is 9.18 Å². The van der Waals surface area contributed by atoms with Gasteiger partial charge < -0.3 is 5.32 Å². The monoisotopic (exact) mass is 218 g/mol. The highest BCUT2D eigenvalue weighted by molar-refractivity contribution is 7.80. The van der Waals surface area contributed by atoms with Crippen LogP contribution < -0.4 is 5.32 Å². The van der Waals surface area contributed by atoms with Gasteiger partial charge in [-0.2, -0.15) is 0 Å². The molecule has 1 heterocycles. The molecule has 0 aromatic carbocycles. The largest absolute Gasteiger partial charge is 0.350 e. The first-order chi connectivity index (χ1) is 6.56. The van der Waals surface area contributed by atoms with E-state index in [1.165, 1.54) is 4.90 Å². The smallest absolute Gasteiger partial charge is 0.251 e. The highest BCUT2D eigenvalue weighted by Gasteiger charge is 2.34. The quantitative estimate of drug-likeness (QED) is 0.717. The highest BCUT2D eigenvalue weighted by atomic mass is 32.1. The van der Waals surface area contributed by atoms with Gasteiger partial charge in [0.1, 0.15) is 12.7 Å². The number of nitrogens with one attached hydrogen (secondary N) is 1. The highest BCUT2D eigenvalue weighted by Crippen LogP contribution is 2.13. The second-order valence-electron chi connectivity index (χ2n) is 3.81. The molecule has 0 aromatic heterocycles. The molecule has 1 aliphatic rings. The third kappa shape index (κ3) is 2.41. The number of carbonyl (C=O) groups is 1. The topological polar surface area (TPSA) is 32.3 Å². The van der Waals surface area contributed by atoms with Crippen LogP contribution in [0.3, 0.4) is 0 Å². The van der Waals surface area contributed by atoms with E-state index in [0.29, 0.717) is 11.0 Å².